The second-order valence-corrected chi connectivity index (χ2v) is 6.26. The molecule has 0 spiro atoms. The fraction of sp³-hybridized carbons (Fsp3) is 0.350. The number of ether oxygens (including phenoxy) is 3. The lowest BCUT2D eigenvalue weighted by Gasteiger charge is -2.18. The lowest BCUT2D eigenvalue weighted by atomic mass is 10.2. The molecule has 0 bridgehead atoms. The van der Waals surface area contributed by atoms with E-state index in [1.165, 1.54) is 0 Å². The molecule has 0 aromatic heterocycles. The molecule has 0 aliphatic heterocycles. The van der Waals surface area contributed by atoms with Crippen LogP contribution in [0.5, 0.6) is 17.2 Å². The number of hydrogen-bond donors (Lipinski definition) is 1. The van der Waals surface area contributed by atoms with Crippen LogP contribution in [0.25, 0.3) is 0 Å². The molecule has 5 nitrogen and oxygen atoms in total. The third-order valence-corrected chi connectivity index (χ3v) is 4.23. The van der Waals surface area contributed by atoms with Gasteiger partial charge in [-0.25, -0.2) is 0 Å². The predicted octanol–water partition coefficient (Wildman–Crippen LogP) is 4.14. The normalized spacial score (nSPS) is 11.6. The van der Waals surface area contributed by atoms with E-state index in [4.69, 9.17) is 25.8 Å². The number of carbonyl (C=O) groups is 1. The largest absolute Gasteiger partial charge is 0.493 e. The van der Waals surface area contributed by atoms with Crippen molar-refractivity contribution >= 4 is 17.5 Å². The van der Waals surface area contributed by atoms with Crippen LogP contribution < -0.4 is 19.5 Å². The van der Waals surface area contributed by atoms with Gasteiger partial charge in [-0.3, -0.25) is 4.79 Å². The second-order valence-electron chi connectivity index (χ2n) is 5.86. The quantitative estimate of drug-likeness (QED) is 0.751. The number of methoxy groups -OCH3 is 2. The van der Waals surface area contributed by atoms with Crippen molar-refractivity contribution in [2.45, 2.75) is 32.9 Å². The number of nitrogens with one attached hydrogen (secondary N) is 1. The van der Waals surface area contributed by atoms with Crippen molar-refractivity contribution in [3.8, 4) is 17.2 Å². The summed E-state index contributed by atoms with van der Waals surface area (Å²) in [5, 5.41) is 3.38. The van der Waals surface area contributed by atoms with E-state index in [2.05, 4.69) is 5.32 Å². The van der Waals surface area contributed by atoms with Crippen molar-refractivity contribution in [1.29, 1.82) is 0 Å². The molecule has 140 valence electrons. The van der Waals surface area contributed by atoms with Gasteiger partial charge in [0.1, 0.15) is 5.75 Å². The minimum Gasteiger partial charge on any atom is -0.493 e. The first-order valence-electron chi connectivity index (χ1n) is 8.39. The molecule has 0 aliphatic rings. The maximum atomic E-state index is 12.5. The summed E-state index contributed by atoms with van der Waals surface area (Å²) in [5.74, 6) is 1.57. The first kappa shape index (κ1) is 19.9. The van der Waals surface area contributed by atoms with Crippen LogP contribution >= 0.6 is 11.6 Å². The van der Waals surface area contributed by atoms with E-state index in [0.29, 0.717) is 35.2 Å². The molecule has 2 aromatic carbocycles. The Bertz CT molecular complexity index is 763. The first-order valence-corrected chi connectivity index (χ1v) is 8.77. The Morgan fingerprint density at radius 2 is 1.77 bits per heavy atom. The van der Waals surface area contributed by atoms with Crippen LogP contribution in [0, 0.1) is 6.92 Å². The zero-order valence-corrected chi connectivity index (χ0v) is 16.2. The van der Waals surface area contributed by atoms with Crippen molar-refractivity contribution in [1.82, 2.24) is 5.32 Å². The average Bonchev–Trinajstić information content (AvgIpc) is 2.65. The maximum Gasteiger partial charge on any atom is 0.261 e. The van der Waals surface area contributed by atoms with E-state index < -0.39 is 6.10 Å². The predicted molar refractivity (Wildman–Crippen MR) is 102 cm³/mol. The average molecular weight is 378 g/mol. The first-order chi connectivity index (χ1) is 12.5. The lowest BCUT2D eigenvalue weighted by Crippen LogP contribution is -2.37. The summed E-state index contributed by atoms with van der Waals surface area (Å²) in [5.41, 5.74) is 1.94. The molecule has 1 atom stereocenters. The van der Waals surface area contributed by atoms with Gasteiger partial charge in [-0.15, -0.1) is 0 Å². The maximum absolute atomic E-state index is 12.5. The standard InChI is InChI=1S/C20H24ClNO4/c1-5-16(26-17-8-6-13(2)10-15(17)21)20(23)22-12-14-7-9-18(24-3)19(11-14)25-4/h6-11,16H,5,12H2,1-4H3,(H,22,23). The van der Waals surface area contributed by atoms with Gasteiger partial charge in [-0.05, 0) is 48.7 Å². The van der Waals surface area contributed by atoms with Gasteiger partial charge in [0.25, 0.3) is 5.91 Å². The van der Waals surface area contributed by atoms with Crippen molar-refractivity contribution in [3.05, 3.63) is 52.5 Å². The molecule has 0 saturated heterocycles. The highest BCUT2D eigenvalue weighted by Gasteiger charge is 2.19. The van der Waals surface area contributed by atoms with Gasteiger partial charge < -0.3 is 19.5 Å². The van der Waals surface area contributed by atoms with E-state index in [1.54, 1.807) is 26.4 Å². The summed E-state index contributed by atoms with van der Waals surface area (Å²) in [6.07, 6.45) is -0.0857. The number of carbonyl (C=O) groups excluding carboxylic acids is 1. The number of benzene rings is 2. The summed E-state index contributed by atoms with van der Waals surface area (Å²) in [4.78, 5) is 12.5. The van der Waals surface area contributed by atoms with Crippen LogP contribution in [0.2, 0.25) is 5.02 Å². The Morgan fingerprint density at radius 1 is 1.08 bits per heavy atom. The van der Waals surface area contributed by atoms with E-state index in [9.17, 15) is 4.79 Å². The Morgan fingerprint density at radius 3 is 2.38 bits per heavy atom. The number of aryl methyl sites for hydroxylation is 1. The third-order valence-electron chi connectivity index (χ3n) is 3.93. The molecule has 0 saturated carbocycles. The summed E-state index contributed by atoms with van der Waals surface area (Å²) in [6, 6.07) is 11.0. The molecule has 0 fully saturated rings. The van der Waals surface area contributed by atoms with E-state index in [-0.39, 0.29) is 5.91 Å². The van der Waals surface area contributed by atoms with Gasteiger partial charge in [0, 0.05) is 6.54 Å². The topological polar surface area (TPSA) is 56.8 Å². The molecule has 6 heteroatoms. The highest BCUT2D eigenvalue weighted by atomic mass is 35.5. The van der Waals surface area contributed by atoms with Gasteiger partial charge in [-0.1, -0.05) is 30.7 Å². The number of rotatable bonds is 8. The van der Waals surface area contributed by atoms with Gasteiger partial charge in [-0.2, -0.15) is 0 Å². The van der Waals surface area contributed by atoms with Crippen LogP contribution in [0.1, 0.15) is 24.5 Å². The molecule has 0 aliphatic carbocycles. The molecule has 1 unspecified atom stereocenters. The summed E-state index contributed by atoms with van der Waals surface area (Å²) < 4.78 is 16.3. The van der Waals surface area contributed by atoms with Crippen LogP contribution in [-0.2, 0) is 11.3 Å². The van der Waals surface area contributed by atoms with Gasteiger partial charge >= 0.3 is 0 Å². The molecular weight excluding hydrogens is 354 g/mol. The fourth-order valence-electron chi connectivity index (χ4n) is 2.47. The Hall–Kier alpha value is -2.40. The van der Waals surface area contributed by atoms with Crippen LogP contribution in [0.4, 0.5) is 0 Å². The van der Waals surface area contributed by atoms with Crippen LogP contribution in [0.15, 0.2) is 36.4 Å². The summed E-state index contributed by atoms with van der Waals surface area (Å²) >= 11 is 6.19. The van der Waals surface area contributed by atoms with Crippen molar-refractivity contribution < 1.29 is 19.0 Å². The van der Waals surface area contributed by atoms with Crippen LogP contribution in [0.3, 0.4) is 0 Å². The highest BCUT2D eigenvalue weighted by Crippen LogP contribution is 2.28. The Balaban J connectivity index is 2.00. The van der Waals surface area contributed by atoms with Crippen molar-refractivity contribution in [3.63, 3.8) is 0 Å². The smallest absolute Gasteiger partial charge is 0.261 e. The van der Waals surface area contributed by atoms with E-state index >= 15 is 0 Å². The van der Waals surface area contributed by atoms with Gasteiger partial charge in [0.15, 0.2) is 17.6 Å². The fourth-order valence-corrected chi connectivity index (χ4v) is 2.75. The molecule has 1 N–H and O–H groups in total. The summed E-state index contributed by atoms with van der Waals surface area (Å²) in [7, 11) is 3.16. The monoisotopic (exact) mass is 377 g/mol. The molecule has 0 heterocycles. The SMILES string of the molecule is CCC(Oc1ccc(C)cc1Cl)C(=O)NCc1ccc(OC)c(OC)c1. The minimum absolute atomic E-state index is 0.195. The highest BCUT2D eigenvalue weighted by molar-refractivity contribution is 6.32. The second kappa shape index (κ2) is 9.34. The molecule has 1 amide bonds. The zero-order chi connectivity index (χ0) is 19.1. The van der Waals surface area contributed by atoms with Crippen LogP contribution in [-0.4, -0.2) is 26.2 Å². The lowest BCUT2D eigenvalue weighted by molar-refractivity contribution is -0.128. The number of amides is 1. The Labute approximate surface area is 159 Å². The van der Waals surface area contributed by atoms with E-state index in [0.717, 1.165) is 11.1 Å². The van der Waals surface area contributed by atoms with Gasteiger partial charge in [0.05, 0.1) is 19.2 Å². The van der Waals surface area contributed by atoms with Crippen molar-refractivity contribution in [2.75, 3.05) is 14.2 Å². The molecule has 2 rings (SSSR count). The zero-order valence-electron chi connectivity index (χ0n) is 15.5. The molecule has 2 aromatic rings. The van der Waals surface area contributed by atoms with E-state index in [1.807, 2.05) is 38.1 Å². The van der Waals surface area contributed by atoms with Crippen molar-refractivity contribution in [2.24, 2.45) is 0 Å². The third kappa shape index (κ3) is 5.05. The number of halogens is 1. The summed E-state index contributed by atoms with van der Waals surface area (Å²) in [6.45, 7) is 4.20. The molecule has 26 heavy (non-hydrogen) atoms. The Kier molecular flexibility index (Phi) is 7.16. The molecule has 0 radical (unpaired) electrons. The van der Waals surface area contributed by atoms with Gasteiger partial charge in [0.2, 0.25) is 0 Å². The minimum atomic E-state index is -0.615. The number of hydrogen-bond acceptors (Lipinski definition) is 4. The molecular formula is C20H24ClNO4.